The van der Waals surface area contributed by atoms with Gasteiger partial charge < -0.3 is 19.9 Å². The smallest absolute Gasteiger partial charge is 0.304 e. The van der Waals surface area contributed by atoms with E-state index in [0.29, 0.717) is 47.5 Å². The Bertz CT molecular complexity index is 808. The molecule has 7 heteroatoms. The number of hydrogen-bond donors (Lipinski definition) is 2. The average molecular weight is 373 g/mol. The van der Waals surface area contributed by atoms with E-state index in [9.17, 15) is 9.59 Å². The summed E-state index contributed by atoms with van der Waals surface area (Å²) in [6, 6.07) is 12.8. The van der Waals surface area contributed by atoms with E-state index in [1.165, 1.54) is 0 Å². The zero-order chi connectivity index (χ0) is 18.4. The molecule has 26 heavy (non-hydrogen) atoms. The first-order chi connectivity index (χ1) is 12.6. The molecule has 2 aromatic rings. The lowest BCUT2D eigenvalue weighted by molar-refractivity contribution is -0.136. The fourth-order valence-corrected chi connectivity index (χ4v) is 3.42. The molecule has 1 aliphatic rings. The fourth-order valence-electron chi connectivity index (χ4n) is 2.54. The summed E-state index contributed by atoms with van der Waals surface area (Å²) in [5.41, 5.74) is 2.14. The zero-order valence-electron chi connectivity index (χ0n) is 14.1. The maximum absolute atomic E-state index is 12.6. The third kappa shape index (κ3) is 4.70. The number of nitrogens with one attached hydrogen (secondary N) is 1. The number of thioether (sulfide) groups is 1. The van der Waals surface area contributed by atoms with Gasteiger partial charge in [-0.05, 0) is 29.8 Å². The lowest BCUT2D eigenvalue weighted by atomic mass is 10.1. The Hall–Kier alpha value is -2.67. The minimum Gasteiger partial charge on any atom is -0.486 e. The predicted octanol–water partition coefficient (Wildman–Crippen LogP) is 3.42. The van der Waals surface area contributed by atoms with Crippen LogP contribution in [-0.4, -0.2) is 35.9 Å². The summed E-state index contributed by atoms with van der Waals surface area (Å²) >= 11 is 1.55. The van der Waals surface area contributed by atoms with Crippen LogP contribution in [0.25, 0.3) is 0 Å². The highest BCUT2D eigenvalue weighted by atomic mass is 32.2. The number of hydrogen-bond acceptors (Lipinski definition) is 5. The van der Waals surface area contributed by atoms with Gasteiger partial charge >= 0.3 is 5.97 Å². The van der Waals surface area contributed by atoms with Gasteiger partial charge in [0.25, 0.3) is 5.91 Å². The molecule has 0 atom stereocenters. The molecular weight excluding hydrogens is 354 g/mol. The number of carbonyl (C=O) groups is 2. The quantitative estimate of drug-likeness (QED) is 0.724. The van der Waals surface area contributed by atoms with Crippen molar-refractivity contribution < 1.29 is 24.2 Å². The molecule has 1 heterocycles. The van der Waals surface area contributed by atoms with Crippen molar-refractivity contribution in [3.63, 3.8) is 0 Å². The SMILES string of the molecule is O=C(O)CCSCc1cccc(NC(=O)c2cccc3c2OCCO3)c1. The average Bonchev–Trinajstić information content (AvgIpc) is 2.65. The Balaban J connectivity index is 1.65. The van der Waals surface area contributed by atoms with Gasteiger partial charge in [0.15, 0.2) is 11.5 Å². The summed E-state index contributed by atoms with van der Waals surface area (Å²) in [7, 11) is 0. The van der Waals surface area contributed by atoms with Crippen molar-refractivity contribution in [3.05, 3.63) is 53.6 Å². The number of amides is 1. The molecule has 0 fully saturated rings. The van der Waals surface area contributed by atoms with Crippen LogP contribution in [0.3, 0.4) is 0 Å². The van der Waals surface area contributed by atoms with Crippen LogP contribution in [0.2, 0.25) is 0 Å². The Labute approximate surface area is 155 Å². The molecule has 0 saturated heterocycles. The highest BCUT2D eigenvalue weighted by Crippen LogP contribution is 2.34. The topological polar surface area (TPSA) is 84.9 Å². The predicted molar refractivity (Wildman–Crippen MR) is 100 cm³/mol. The van der Waals surface area contributed by atoms with Crippen molar-refractivity contribution in [1.82, 2.24) is 0 Å². The minimum absolute atomic E-state index is 0.141. The molecule has 0 saturated carbocycles. The van der Waals surface area contributed by atoms with Crippen LogP contribution >= 0.6 is 11.8 Å². The second kappa shape index (κ2) is 8.62. The second-order valence-electron chi connectivity index (χ2n) is 5.68. The number of benzene rings is 2. The highest BCUT2D eigenvalue weighted by molar-refractivity contribution is 7.98. The maximum atomic E-state index is 12.6. The summed E-state index contributed by atoms with van der Waals surface area (Å²) in [5.74, 6) is 1.23. The van der Waals surface area contributed by atoms with Crippen molar-refractivity contribution >= 4 is 29.3 Å². The molecule has 0 aromatic heterocycles. The van der Waals surface area contributed by atoms with Crippen LogP contribution in [-0.2, 0) is 10.5 Å². The molecule has 136 valence electrons. The first-order valence-corrected chi connectivity index (χ1v) is 9.37. The molecule has 0 bridgehead atoms. The Morgan fingerprint density at radius 3 is 2.77 bits per heavy atom. The normalized spacial score (nSPS) is 12.5. The number of ether oxygens (including phenoxy) is 2. The monoisotopic (exact) mass is 373 g/mol. The number of carbonyl (C=O) groups excluding carboxylic acids is 1. The number of carboxylic acid groups (broad SMARTS) is 1. The molecule has 6 nitrogen and oxygen atoms in total. The molecule has 3 rings (SSSR count). The van der Waals surface area contributed by atoms with Crippen LogP contribution in [0.15, 0.2) is 42.5 Å². The van der Waals surface area contributed by atoms with Crippen molar-refractivity contribution in [2.24, 2.45) is 0 Å². The third-order valence-corrected chi connectivity index (χ3v) is 4.75. The van der Waals surface area contributed by atoms with E-state index in [2.05, 4.69) is 5.32 Å². The van der Waals surface area contributed by atoms with Crippen molar-refractivity contribution in [2.45, 2.75) is 12.2 Å². The van der Waals surface area contributed by atoms with Crippen LogP contribution < -0.4 is 14.8 Å². The van der Waals surface area contributed by atoms with Crippen LogP contribution in [0, 0.1) is 0 Å². The van der Waals surface area contributed by atoms with Gasteiger partial charge in [-0.2, -0.15) is 11.8 Å². The lowest BCUT2D eigenvalue weighted by Crippen LogP contribution is -2.20. The molecule has 1 aliphatic heterocycles. The number of fused-ring (bicyclic) bond motifs is 1. The van der Waals surface area contributed by atoms with Crippen molar-refractivity contribution in [3.8, 4) is 11.5 Å². The van der Waals surface area contributed by atoms with Gasteiger partial charge in [-0.15, -0.1) is 0 Å². The standard InChI is InChI=1S/C19H19NO5S/c21-17(22)7-10-26-12-13-3-1-4-14(11-13)20-19(23)15-5-2-6-16-18(15)25-9-8-24-16/h1-6,11H,7-10,12H2,(H,20,23)(H,21,22). The molecule has 0 aliphatic carbocycles. The molecular formula is C19H19NO5S. The van der Waals surface area contributed by atoms with Crippen LogP contribution in [0.4, 0.5) is 5.69 Å². The largest absolute Gasteiger partial charge is 0.486 e. The van der Waals surface area contributed by atoms with E-state index < -0.39 is 5.97 Å². The fraction of sp³-hybridized carbons (Fsp3) is 0.263. The van der Waals surface area contributed by atoms with Crippen molar-refractivity contribution in [1.29, 1.82) is 0 Å². The highest BCUT2D eigenvalue weighted by Gasteiger charge is 2.20. The Morgan fingerprint density at radius 1 is 1.12 bits per heavy atom. The lowest BCUT2D eigenvalue weighted by Gasteiger charge is -2.20. The third-order valence-electron chi connectivity index (χ3n) is 3.72. The summed E-state index contributed by atoms with van der Waals surface area (Å²) in [6.07, 6.45) is 0.141. The van der Waals surface area contributed by atoms with Gasteiger partial charge in [-0.3, -0.25) is 9.59 Å². The summed E-state index contributed by atoms with van der Waals surface area (Å²) in [4.78, 5) is 23.2. The molecule has 0 spiro atoms. The van der Waals surface area contributed by atoms with E-state index in [1.807, 2.05) is 24.3 Å². The number of para-hydroxylation sites is 1. The van der Waals surface area contributed by atoms with E-state index in [0.717, 1.165) is 5.56 Å². The molecule has 0 unspecified atom stereocenters. The first kappa shape index (κ1) is 18.1. The maximum Gasteiger partial charge on any atom is 0.304 e. The van der Waals surface area contributed by atoms with Gasteiger partial charge in [0.05, 0.1) is 12.0 Å². The number of aliphatic carboxylic acids is 1. The van der Waals surface area contributed by atoms with E-state index in [1.54, 1.807) is 30.0 Å². The van der Waals surface area contributed by atoms with Gasteiger partial charge in [0.1, 0.15) is 13.2 Å². The molecule has 2 aromatic carbocycles. The van der Waals surface area contributed by atoms with Crippen LogP contribution in [0.5, 0.6) is 11.5 Å². The summed E-state index contributed by atoms with van der Waals surface area (Å²) < 4.78 is 11.1. The molecule has 1 amide bonds. The number of carboxylic acids is 1. The van der Waals surface area contributed by atoms with Gasteiger partial charge in [-0.25, -0.2) is 0 Å². The van der Waals surface area contributed by atoms with E-state index in [-0.39, 0.29) is 12.3 Å². The minimum atomic E-state index is -0.795. The van der Waals surface area contributed by atoms with Crippen LogP contribution in [0.1, 0.15) is 22.3 Å². The number of rotatable bonds is 7. The van der Waals surface area contributed by atoms with Gasteiger partial charge in [0.2, 0.25) is 0 Å². The Kier molecular flexibility index (Phi) is 6.01. The summed E-state index contributed by atoms with van der Waals surface area (Å²) in [6.45, 7) is 0.889. The van der Waals surface area contributed by atoms with Gasteiger partial charge in [0, 0.05) is 17.2 Å². The summed E-state index contributed by atoms with van der Waals surface area (Å²) in [5, 5.41) is 11.5. The molecule has 0 radical (unpaired) electrons. The van der Waals surface area contributed by atoms with Gasteiger partial charge in [-0.1, -0.05) is 18.2 Å². The number of anilines is 1. The second-order valence-corrected chi connectivity index (χ2v) is 6.79. The van der Waals surface area contributed by atoms with E-state index in [4.69, 9.17) is 14.6 Å². The first-order valence-electron chi connectivity index (χ1n) is 8.22. The molecule has 2 N–H and O–H groups in total. The zero-order valence-corrected chi connectivity index (χ0v) is 14.9. The van der Waals surface area contributed by atoms with E-state index >= 15 is 0 Å². The Morgan fingerprint density at radius 2 is 1.92 bits per heavy atom. The van der Waals surface area contributed by atoms with Crippen molar-refractivity contribution in [2.75, 3.05) is 24.3 Å².